The smallest absolute Gasteiger partial charge is 0.291 e. The number of hydrogen-bond donors (Lipinski definition) is 1. The number of methoxy groups -OCH3 is 1. The number of phenols is 1. The summed E-state index contributed by atoms with van der Waals surface area (Å²) in [4.78, 5) is 33.2. The molecule has 1 aliphatic rings. The molecule has 34 heavy (non-hydrogen) atoms. The van der Waals surface area contributed by atoms with Crippen LogP contribution in [0.4, 0.5) is 0 Å². The zero-order chi connectivity index (χ0) is 24.1. The molecule has 2 aromatic carbocycles. The van der Waals surface area contributed by atoms with Crippen LogP contribution in [0, 0.1) is 13.8 Å². The third kappa shape index (κ3) is 3.45. The summed E-state index contributed by atoms with van der Waals surface area (Å²) >= 11 is 3.36. The SMILES string of the molecule is COc1cc(C2c3c(oc4c(C)cc(C)cc4c3=O)C(=O)N2Cc2cccnc2)cc(Br)c1O. The minimum Gasteiger partial charge on any atom is -0.503 e. The van der Waals surface area contributed by atoms with Crippen LogP contribution in [0.5, 0.6) is 11.5 Å². The Hall–Kier alpha value is -3.65. The highest BCUT2D eigenvalue weighted by Gasteiger charge is 2.43. The van der Waals surface area contributed by atoms with Gasteiger partial charge in [-0.05, 0) is 76.3 Å². The van der Waals surface area contributed by atoms with E-state index in [1.165, 1.54) is 7.11 Å². The van der Waals surface area contributed by atoms with Gasteiger partial charge in [0.2, 0.25) is 5.76 Å². The van der Waals surface area contributed by atoms with Crippen molar-refractivity contribution in [2.24, 2.45) is 0 Å². The van der Waals surface area contributed by atoms with Gasteiger partial charge >= 0.3 is 0 Å². The Morgan fingerprint density at radius 3 is 2.71 bits per heavy atom. The number of fused-ring (bicyclic) bond motifs is 2. The van der Waals surface area contributed by atoms with Gasteiger partial charge < -0.3 is 19.2 Å². The second kappa shape index (κ2) is 8.29. The number of pyridine rings is 1. The van der Waals surface area contributed by atoms with Crippen molar-refractivity contribution in [2.45, 2.75) is 26.4 Å². The van der Waals surface area contributed by atoms with Gasteiger partial charge in [-0.15, -0.1) is 0 Å². The van der Waals surface area contributed by atoms with Crippen molar-refractivity contribution in [3.63, 3.8) is 0 Å². The molecular weight excluding hydrogens is 500 g/mol. The van der Waals surface area contributed by atoms with E-state index < -0.39 is 6.04 Å². The van der Waals surface area contributed by atoms with Crippen molar-refractivity contribution in [1.82, 2.24) is 9.88 Å². The summed E-state index contributed by atoms with van der Waals surface area (Å²) in [5, 5.41) is 10.8. The zero-order valence-electron chi connectivity index (χ0n) is 18.8. The average molecular weight is 521 g/mol. The van der Waals surface area contributed by atoms with Crippen LogP contribution in [0.3, 0.4) is 0 Å². The first kappa shape index (κ1) is 22.2. The van der Waals surface area contributed by atoms with Crippen molar-refractivity contribution in [2.75, 3.05) is 7.11 Å². The highest BCUT2D eigenvalue weighted by molar-refractivity contribution is 9.10. The summed E-state index contributed by atoms with van der Waals surface area (Å²) < 4.78 is 11.8. The fourth-order valence-electron chi connectivity index (χ4n) is 4.58. The number of hydrogen-bond acceptors (Lipinski definition) is 6. The third-order valence-corrected chi connectivity index (χ3v) is 6.66. The second-order valence-electron chi connectivity index (χ2n) is 8.38. The van der Waals surface area contributed by atoms with Gasteiger partial charge in [0, 0.05) is 18.9 Å². The number of rotatable bonds is 4. The van der Waals surface area contributed by atoms with Crippen LogP contribution in [-0.4, -0.2) is 28.0 Å². The monoisotopic (exact) mass is 520 g/mol. The minimum atomic E-state index is -0.741. The number of ether oxygens (including phenoxy) is 1. The molecule has 3 heterocycles. The second-order valence-corrected chi connectivity index (χ2v) is 9.24. The Bertz CT molecular complexity index is 1510. The highest BCUT2D eigenvalue weighted by Crippen LogP contribution is 2.44. The maximum atomic E-state index is 13.8. The Labute approximate surface area is 203 Å². The van der Waals surface area contributed by atoms with E-state index in [1.807, 2.05) is 26.0 Å². The lowest BCUT2D eigenvalue weighted by Gasteiger charge is -2.26. The van der Waals surface area contributed by atoms with Gasteiger partial charge in [-0.1, -0.05) is 12.1 Å². The number of carbonyl (C=O) groups is 1. The molecule has 5 rings (SSSR count). The molecule has 172 valence electrons. The predicted octanol–water partition coefficient (Wildman–Crippen LogP) is 5.03. The molecule has 0 saturated heterocycles. The predicted molar refractivity (Wildman–Crippen MR) is 130 cm³/mol. The van der Waals surface area contributed by atoms with Gasteiger partial charge in [-0.3, -0.25) is 14.6 Å². The summed E-state index contributed by atoms with van der Waals surface area (Å²) in [6.07, 6.45) is 3.34. The van der Waals surface area contributed by atoms with E-state index in [9.17, 15) is 14.7 Å². The molecule has 8 heteroatoms. The van der Waals surface area contributed by atoms with E-state index in [4.69, 9.17) is 9.15 Å². The Morgan fingerprint density at radius 1 is 1.21 bits per heavy atom. The van der Waals surface area contributed by atoms with Crippen molar-refractivity contribution in [1.29, 1.82) is 0 Å². The first-order valence-corrected chi connectivity index (χ1v) is 11.4. The van der Waals surface area contributed by atoms with Crippen molar-refractivity contribution >= 4 is 32.8 Å². The van der Waals surface area contributed by atoms with E-state index in [2.05, 4.69) is 20.9 Å². The van der Waals surface area contributed by atoms with E-state index in [0.29, 0.717) is 21.0 Å². The molecule has 4 aromatic rings. The molecule has 1 unspecified atom stereocenters. The molecule has 0 spiro atoms. The lowest BCUT2D eigenvalue weighted by Crippen LogP contribution is -2.29. The molecule has 1 atom stereocenters. The minimum absolute atomic E-state index is 0.0292. The number of aromatic nitrogens is 1. The number of carbonyl (C=O) groups excluding carboxylic acids is 1. The Balaban J connectivity index is 1.79. The number of phenolic OH excluding ortho intramolecular Hbond substituents is 1. The standard InChI is InChI=1S/C26H21BrN2O5/c1-13-7-14(2)24-17(8-13)22(30)20-21(16-9-18(27)23(31)19(10-16)33-3)29(26(32)25(20)34-24)12-15-5-4-6-28-11-15/h4-11,21,31H,12H2,1-3H3. The molecule has 0 radical (unpaired) electrons. The van der Waals surface area contributed by atoms with E-state index in [1.54, 1.807) is 41.6 Å². The van der Waals surface area contributed by atoms with Crippen molar-refractivity contribution < 1.29 is 19.1 Å². The number of benzene rings is 2. The summed E-state index contributed by atoms with van der Waals surface area (Å²) in [6, 6.07) is 9.95. The molecule has 1 aliphatic heterocycles. The average Bonchev–Trinajstić information content (AvgIpc) is 3.09. The first-order chi connectivity index (χ1) is 16.3. The summed E-state index contributed by atoms with van der Waals surface area (Å²) in [5.74, 6) is -0.192. The van der Waals surface area contributed by atoms with Crippen LogP contribution < -0.4 is 10.2 Å². The zero-order valence-corrected chi connectivity index (χ0v) is 20.3. The van der Waals surface area contributed by atoms with Crippen LogP contribution >= 0.6 is 15.9 Å². The summed E-state index contributed by atoms with van der Waals surface area (Å²) in [7, 11) is 1.44. The number of aromatic hydroxyl groups is 1. The van der Waals surface area contributed by atoms with Crippen molar-refractivity contribution in [3.05, 3.63) is 97.1 Å². The molecular formula is C26H21BrN2O5. The van der Waals surface area contributed by atoms with Crippen LogP contribution in [-0.2, 0) is 6.54 Å². The molecule has 0 aliphatic carbocycles. The summed E-state index contributed by atoms with van der Waals surface area (Å²) in [6.45, 7) is 3.99. The molecule has 0 saturated carbocycles. The van der Waals surface area contributed by atoms with Crippen LogP contribution in [0.15, 0.2) is 62.5 Å². The van der Waals surface area contributed by atoms with E-state index in [-0.39, 0.29) is 40.7 Å². The van der Waals surface area contributed by atoms with Crippen molar-refractivity contribution in [3.8, 4) is 11.5 Å². The number of halogens is 1. The number of amides is 1. The Kier molecular flexibility index (Phi) is 5.40. The molecule has 7 nitrogen and oxygen atoms in total. The van der Waals surface area contributed by atoms with Gasteiger partial charge in [0.05, 0.1) is 28.6 Å². The number of aryl methyl sites for hydroxylation is 2. The normalized spacial score (nSPS) is 15.1. The Morgan fingerprint density at radius 2 is 2.00 bits per heavy atom. The topological polar surface area (TPSA) is 92.9 Å². The molecule has 1 amide bonds. The van der Waals surface area contributed by atoms with E-state index in [0.717, 1.165) is 16.7 Å². The van der Waals surface area contributed by atoms with E-state index >= 15 is 0 Å². The lowest BCUT2D eigenvalue weighted by atomic mass is 9.97. The van der Waals surface area contributed by atoms with Crippen LogP contribution in [0.25, 0.3) is 11.0 Å². The number of nitrogens with zero attached hydrogens (tertiary/aromatic N) is 2. The van der Waals surface area contributed by atoms with Gasteiger partial charge in [0.1, 0.15) is 5.58 Å². The van der Waals surface area contributed by atoms with Gasteiger partial charge in [-0.25, -0.2) is 0 Å². The van der Waals surface area contributed by atoms with Gasteiger partial charge in [0.25, 0.3) is 5.91 Å². The maximum absolute atomic E-state index is 13.8. The molecule has 0 bridgehead atoms. The quantitative estimate of drug-likeness (QED) is 0.405. The van der Waals surface area contributed by atoms with Gasteiger partial charge in [-0.2, -0.15) is 0 Å². The maximum Gasteiger partial charge on any atom is 0.291 e. The van der Waals surface area contributed by atoms with Crippen LogP contribution in [0.2, 0.25) is 0 Å². The van der Waals surface area contributed by atoms with Gasteiger partial charge in [0.15, 0.2) is 16.9 Å². The largest absolute Gasteiger partial charge is 0.503 e. The fourth-order valence-corrected chi connectivity index (χ4v) is 5.04. The summed E-state index contributed by atoms with van der Waals surface area (Å²) in [5.41, 5.74) is 3.56. The first-order valence-electron chi connectivity index (χ1n) is 10.6. The third-order valence-electron chi connectivity index (χ3n) is 6.06. The highest BCUT2D eigenvalue weighted by atomic mass is 79.9. The molecule has 1 N–H and O–H groups in total. The molecule has 0 fully saturated rings. The fraction of sp³-hybridized carbons (Fsp3) is 0.192. The lowest BCUT2D eigenvalue weighted by molar-refractivity contribution is 0.0714. The molecule has 2 aromatic heterocycles. The van der Waals surface area contributed by atoms with Crippen LogP contribution in [0.1, 0.15) is 44.4 Å².